The Morgan fingerprint density at radius 2 is 1.75 bits per heavy atom. The van der Waals surface area contributed by atoms with E-state index in [1.165, 1.54) is 55.2 Å². The predicted molar refractivity (Wildman–Crippen MR) is 99.1 cm³/mol. The van der Waals surface area contributed by atoms with Gasteiger partial charge in [-0.2, -0.15) is 0 Å². The van der Waals surface area contributed by atoms with Gasteiger partial charge in [-0.25, -0.2) is 0 Å². The Hall–Kier alpha value is -1.60. The van der Waals surface area contributed by atoms with Crippen LogP contribution in [0, 0.1) is 5.41 Å². The summed E-state index contributed by atoms with van der Waals surface area (Å²) in [5.41, 5.74) is 4.32. The van der Waals surface area contributed by atoms with Gasteiger partial charge in [0.2, 0.25) is 0 Å². The molecule has 0 amide bonds. The molecule has 1 nitrogen and oxygen atoms in total. The lowest BCUT2D eigenvalue weighted by molar-refractivity contribution is 0.152. The van der Waals surface area contributed by atoms with Crippen molar-refractivity contribution in [3.63, 3.8) is 0 Å². The van der Waals surface area contributed by atoms with Crippen molar-refractivity contribution >= 4 is 0 Å². The number of epoxide rings is 1. The highest BCUT2D eigenvalue weighted by Gasteiger charge is 2.67. The molecule has 2 aromatic carbocycles. The molecular weight excluding hydrogens is 292 g/mol. The van der Waals surface area contributed by atoms with Crippen LogP contribution < -0.4 is 0 Å². The average molecular weight is 320 g/mol. The fourth-order valence-electron chi connectivity index (χ4n) is 4.91. The maximum atomic E-state index is 6.66. The molecule has 3 atom stereocenters. The zero-order chi connectivity index (χ0) is 16.6. The molecule has 0 saturated carbocycles. The van der Waals surface area contributed by atoms with E-state index in [9.17, 15) is 0 Å². The van der Waals surface area contributed by atoms with Crippen LogP contribution in [0.5, 0.6) is 0 Å². The minimum absolute atomic E-state index is 0.210. The molecule has 0 N–H and O–H groups in total. The van der Waals surface area contributed by atoms with Gasteiger partial charge >= 0.3 is 0 Å². The number of ether oxygens (including phenoxy) is 1. The highest BCUT2D eigenvalue weighted by Crippen LogP contribution is 2.64. The van der Waals surface area contributed by atoms with Crippen molar-refractivity contribution in [3.05, 3.63) is 71.3 Å². The first-order valence-electron chi connectivity index (χ1n) is 9.58. The van der Waals surface area contributed by atoms with Crippen molar-refractivity contribution in [2.24, 2.45) is 5.41 Å². The Morgan fingerprint density at radius 1 is 1.00 bits per heavy atom. The van der Waals surface area contributed by atoms with Crippen molar-refractivity contribution < 1.29 is 4.74 Å². The van der Waals surface area contributed by atoms with Crippen molar-refractivity contribution in [2.75, 3.05) is 0 Å². The van der Waals surface area contributed by atoms with Crippen molar-refractivity contribution in [1.29, 1.82) is 0 Å². The number of fused-ring (bicyclic) bond motifs is 3. The van der Waals surface area contributed by atoms with Crippen LogP contribution in [0.15, 0.2) is 54.6 Å². The Kier molecular flexibility index (Phi) is 4.00. The number of unbranched alkanes of at least 4 members (excludes halogenated alkanes) is 1. The van der Waals surface area contributed by atoms with Gasteiger partial charge in [-0.05, 0) is 42.4 Å². The summed E-state index contributed by atoms with van der Waals surface area (Å²) in [6.07, 6.45) is 7.82. The van der Waals surface area contributed by atoms with Crippen molar-refractivity contribution in [1.82, 2.24) is 0 Å². The van der Waals surface area contributed by atoms with E-state index in [0.29, 0.717) is 11.5 Å². The summed E-state index contributed by atoms with van der Waals surface area (Å²) in [6.45, 7) is 4.66. The number of hydrogen-bond donors (Lipinski definition) is 0. The molecule has 1 aliphatic carbocycles. The second-order valence-electron chi connectivity index (χ2n) is 7.58. The minimum Gasteiger partial charge on any atom is -0.355 e. The predicted octanol–water partition coefficient (Wildman–Crippen LogP) is 5.86. The maximum Gasteiger partial charge on any atom is 0.146 e. The van der Waals surface area contributed by atoms with Crippen LogP contribution in [0.4, 0.5) is 0 Å². The van der Waals surface area contributed by atoms with Crippen LogP contribution in [0.1, 0.15) is 62.6 Å². The van der Waals surface area contributed by atoms with Gasteiger partial charge in [0, 0.05) is 5.41 Å². The number of aryl methyl sites for hydroxylation is 1. The normalized spacial score (nSPS) is 31.0. The van der Waals surface area contributed by atoms with E-state index in [0.717, 1.165) is 0 Å². The summed E-state index contributed by atoms with van der Waals surface area (Å²) in [5, 5.41) is 0. The van der Waals surface area contributed by atoms with Crippen LogP contribution in [-0.2, 0) is 16.8 Å². The van der Waals surface area contributed by atoms with Gasteiger partial charge in [0.15, 0.2) is 0 Å². The van der Waals surface area contributed by atoms with E-state index < -0.39 is 0 Å². The summed E-state index contributed by atoms with van der Waals surface area (Å²) in [4.78, 5) is 0. The van der Waals surface area contributed by atoms with E-state index >= 15 is 0 Å². The van der Waals surface area contributed by atoms with Gasteiger partial charge in [0.1, 0.15) is 11.7 Å². The van der Waals surface area contributed by atoms with Gasteiger partial charge in [0.25, 0.3) is 0 Å². The molecule has 0 spiro atoms. The second-order valence-corrected chi connectivity index (χ2v) is 7.58. The monoisotopic (exact) mass is 320 g/mol. The molecule has 0 unspecified atom stereocenters. The molecule has 24 heavy (non-hydrogen) atoms. The fraction of sp³-hybridized carbons (Fsp3) is 0.478. The average Bonchev–Trinajstić information content (AvgIpc) is 3.41. The van der Waals surface area contributed by atoms with E-state index in [2.05, 4.69) is 68.4 Å². The Bertz CT molecular complexity index is 707. The molecule has 0 aromatic heterocycles. The summed E-state index contributed by atoms with van der Waals surface area (Å²) >= 11 is 0. The summed E-state index contributed by atoms with van der Waals surface area (Å²) in [5.74, 6) is 0. The first kappa shape index (κ1) is 15.9. The van der Waals surface area contributed by atoms with Crippen LogP contribution >= 0.6 is 0 Å². The van der Waals surface area contributed by atoms with Gasteiger partial charge < -0.3 is 4.74 Å². The van der Waals surface area contributed by atoms with Crippen LogP contribution in [0.3, 0.4) is 0 Å². The van der Waals surface area contributed by atoms with E-state index in [1.807, 2.05) is 0 Å². The summed E-state index contributed by atoms with van der Waals surface area (Å²) < 4.78 is 6.66. The first-order chi connectivity index (χ1) is 11.8. The standard InChI is InChI=1S/C23H28O/c1-3-5-16-22(4-2)17-15-18-11-9-10-14-20(18)23(21(22)24-23)19-12-7-6-8-13-19/h6-14,21H,3-5,15-17H2,1-2H3/t21-,22-,23+/m1/s1. The zero-order valence-corrected chi connectivity index (χ0v) is 14.9. The highest BCUT2D eigenvalue weighted by atomic mass is 16.6. The van der Waals surface area contributed by atoms with E-state index in [1.54, 1.807) is 0 Å². The maximum absolute atomic E-state index is 6.66. The van der Waals surface area contributed by atoms with Gasteiger partial charge in [-0.1, -0.05) is 81.3 Å². The minimum atomic E-state index is -0.210. The van der Waals surface area contributed by atoms with E-state index in [-0.39, 0.29) is 5.60 Å². The molecule has 2 aliphatic rings. The lowest BCUT2D eigenvalue weighted by Gasteiger charge is -2.31. The molecule has 126 valence electrons. The highest BCUT2D eigenvalue weighted by molar-refractivity contribution is 5.49. The molecule has 1 heteroatoms. The Balaban J connectivity index is 1.84. The smallest absolute Gasteiger partial charge is 0.146 e. The van der Waals surface area contributed by atoms with Crippen LogP contribution in [0.2, 0.25) is 0 Å². The molecule has 1 fully saturated rings. The lowest BCUT2D eigenvalue weighted by Crippen LogP contribution is -2.31. The summed E-state index contributed by atoms with van der Waals surface area (Å²) in [6, 6.07) is 19.9. The molecule has 4 rings (SSSR count). The third-order valence-corrected chi connectivity index (χ3v) is 6.42. The topological polar surface area (TPSA) is 12.5 Å². The van der Waals surface area contributed by atoms with Crippen LogP contribution in [0.25, 0.3) is 0 Å². The van der Waals surface area contributed by atoms with Crippen LogP contribution in [-0.4, -0.2) is 6.10 Å². The van der Waals surface area contributed by atoms with Crippen molar-refractivity contribution in [2.45, 2.75) is 64.1 Å². The Labute approximate surface area is 146 Å². The van der Waals surface area contributed by atoms with Gasteiger partial charge in [-0.15, -0.1) is 0 Å². The third kappa shape index (κ3) is 2.25. The third-order valence-electron chi connectivity index (χ3n) is 6.42. The van der Waals surface area contributed by atoms with Gasteiger partial charge in [0.05, 0.1) is 0 Å². The zero-order valence-electron chi connectivity index (χ0n) is 14.9. The van der Waals surface area contributed by atoms with E-state index in [4.69, 9.17) is 4.74 Å². The lowest BCUT2D eigenvalue weighted by atomic mass is 9.70. The largest absolute Gasteiger partial charge is 0.355 e. The number of benzene rings is 2. The second kappa shape index (κ2) is 6.04. The fourth-order valence-corrected chi connectivity index (χ4v) is 4.91. The van der Waals surface area contributed by atoms with Crippen molar-refractivity contribution in [3.8, 4) is 0 Å². The molecule has 1 aliphatic heterocycles. The molecular formula is C23H28O. The Morgan fingerprint density at radius 3 is 2.50 bits per heavy atom. The molecule has 1 saturated heterocycles. The summed E-state index contributed by atoms with van der Waals surface area (Å²) in [7, 11) is 0. The molecule has 0 bridgehead atoms. The van der Waals surface area contributed by atoms with Gasteiger partial charge in [-0.3, -0.25) is 0 Å². The SMILES string of the molecule is CCCC[C@]1(CC)CCc2ccccc2[C@]2(c3ccccc3)O[C@H]12. The molecule has 1 heterocycles. The number of hydrogen-bond acceptors (Lipinski definition) is 1. The molecule has 2 aromatic rings. The molecule has 0 radical (unpaired) electrons. The number of rotatable bonds is 5. The first-order valence-corrected chi connectivity index (χ1v) is 9.58. The quantitative estimate of drug-likeness (QED) is 0.628.